The minimum Gasteiger partial charge on any atom is -0.605 e. The van der Waals surface area contributed by atoms with E-state index in [1.165, 1.54) is 0 Å². The highest BCUT2D eigenvalue weighted by Crippen LogP contribution is 2.44. The fraction of sp³-hybridized carbons (Fsp3) is 0.917. The second kappa shape index (κ2) is 8.85. The number of rotatable bonds is 7. The van der Waals surface area contributed by atoms with Crippen molar-refractivity contribution in [1.82, 2.24) is 10.9 Å². The average Bonchev–Trinajstić information content (AvgIpc) is 2.61. The molecule has 2 aliphatic rings. The molecule has 0 saturated carbocycles. The third kappa shape index (κ3) is 4.83. The molecule has 2 fully saturated rings. The molecule has 0 unspecified atom stereocenters. The van der Waals surface area contributed by atoms with E-state index in [1.807, 2.05) is 55.4 Å². The van der Waals surface area contributed by atoms with Crippen LogP contribution in [0.15, 0.2) is 0 Å². The third-order valence-corrected chi connectivity index (χ3v) is 8.19. The summed E-state index contributed by atoms with van der Waals surface area (Å²) in [6, 6.07) is 0. The molecule has 32 heavy (non-hydrogen) atoms. The summed E-state index contributed by atoms with van der Waals surface area (Å²) >= 11 is 0. The SMILES string of the molecule is CC1(C)CCCC(C)(C)[N+]1([O-])NC(=O)CCCCC(=O)N[N+]1([O-])C(C)(C)CCCC1(C)C. The minimum atomic E-state index is -0.723. The van der Waals surface area contributed by atoms with Gasteiger partial charge in [0.05, 0.1) is 0 Å². The number of hydroxylamine groups is 4. The number of nitrogens with zero attached hydrogens (tertiary/aromatic N) is 2. The zero-order chi connectivity index (χ0) is 24.6. The minimum absolute atomic E-state index is 0.191. The number of quaternary nitrogens is 2. The van der Waals surface area contributed by atoms with Gasteiger partial charge < -0.3 is 10.4 Å². The Morgan fingerprint density at radius 1 is 0.625 bits per heavy atom. The molecule has 2 aliphatic heterocycles. The first-order valence-corrected chi connectivity index (χ1v) is 12.2. The molecule has 0 aromatic rings. The molecular weight excluding hydrogens is 408 g/mol. The maximum absolute atomic E-state index is 13.7. The highest BCUT2D eigenvalue weighted by molar-refractivity contribution is 5.76. The lowest BCUT2D eigenvalue weighted by Crippen LogP contribution is -2.76. The average molecular weight is 455 g/mol. The number of carbonyl (C=O) groups is 2. The lowest BCUT2D eigenvalue weighted by Gasteiger charge is -2.63. The Bertz CT molecular complexity index is 623. The summed E-state index contributed by atoms with van der Waals surface area (Å²) in [5, 5.41) is 27.3. The van der Waals surface area contributed by atoms with Crippen LogP contribution < -0.4 is 10.9 Å². The number of nitrogens with one attached hydrogen (secondary N) is 2. The first-order valence-electron chi connectivity index (χ1n) is 12.2. The van der Waals surface area contributed by atoms with Gasteiger partial charge in [0.2, 0.25) is 0 Å². The Labute approximate surface area is 194 Å². The smallest absolute Gasteiger partial charge is 0.265 e. The Balaban J connectivity index is 1.87. The normalized spacial score (nSPS) is 26.7. The van der Waals surface area contributed by atoms with E-state index in [1.54, 1.807) is 0 Å². The van der Waals surface area contributed by atoms with Crippen molar-refractivity contribution in [2.75, 3.05) is 0 Å². The van der Waals surface area contributed by atoms with Crippen molar-refractivity contribution < 1.29 is 19.1 Å². The largest absolute Gasteiger partial charge is 0.605 e. The molecule has 186 valence electrons. The van der Waals surface area contributed by atoms with Gasteiger partial charge in [-0.25, -0.2) is 20.4 Å². The van der Waals surface area contributed by atoms with Crippen LogP contribution in [-0.2, 0) is 9.59 Å². The Hall–Kier alpha value is -1.22. The Morgan fingerprint density at radius 3 is 1.12 bits per heavy atom. The van der Waals surface area contributed by atoms with Crippen LogP contribution in [0.2, 0.25) is 0 Å². The maximum Gasteiger partial charge on any atom is 0.265 e. The number of unbranched alkanes of at least 4 members (excludes halogenated alkanes) is 1. The first kappa shape index (κ1) is 27.0. The van der Waals surface area contributed by atoms with Crippen LogP contribution in [0.3, 0.4) is 0 Å². The molecule has 0 bridgehead atoms. The standard InChI is InChI=1S/C24H46N4O4/c1-21(2)15-11-16-22(3,4)27(21,31)25-19(29)13-9-10-14-20(30)26-28(32)23(5,6)17-12-18-24(28,7)8/h9-18H2,1-8H3,(H,25,29)(H,26,30). The van der Waals surface area contributed by atoms with Crippen LogP contribution in [0.1, 0.15) is 120 Å². The van der Waals surface area contributed by atoms with E-state index >= 15 is 0 Å². The van der Waals surface area contributed by atoms with E-state index in [-0.39, 0.29) is 24.7 Å². The second-order valence-electron chi connectivity index (χ2n) is 12.5. The number of hydrogen-bond donors (Lipinski definition) is 2. The van der Waals surface area contributed by atoms with Gasteiger partial charge in [0, 0.05) is 38.5 Å². The van der Waals surface area contributed by atoms with Gasteiger partial charge in [-0.3, -0.25) is 9.59 Å². The van der Waals surface area contributed by atoms with E-state index in [0.29, 0.717) is 12.8 Å². The lowest BCUT2D eigenvalue weighted by atomic mass is 9.81. The van der Waals surface area contributed by atoms with Gasteiger partial charge in [-0.05, 0) is 81.1 Å². The van der Waals surface area contributed by atoms with Crippen LogP contribution in [0.5, 0.6) is 0 Å². The summed E-state index contributed by atoms with van der Waals surface area (Å²) in [6.45, 7) is 15.3. The van der Waals surface area contributed by atoms with E-state index in [9.17, 15) is 20.0 Å². The van der Waals surface area contributed by atoms with Crippen LogP contribution in [0.4, 0.5) is 0 Å². The highest BCUT2D eigenvalue weighted by atomic mass is 16.6. The van der Waals surface area contributed by atoms with E-state index < -0.39 is 31.7 Å². The molecule has 2 amide bonds. The summed E-state index contributed by atoms with van der Waals surface area (Å²) in [5.41, 5.74) is 3.15. The first-order chi connectivity index (χ1) is 14.4. The third-order valence-electron chi connectivity index (χ3n) is 8.19. The summed E-state index contributed by atoms with van der Waals surface area (Å²) < 4.78 is -1.45. The summed E-state index contributed by atoms with van der Waals surface area (Å²) in [5.74, 6) is -0.567. The molecule has 8 nitrogen and oxygen atoms in total. The Morgan fingerprint density at radius 2 is 0.875 bits per heavy atom. The summed E-state index contributed by atoms with van der Waals surface area (Å²) in [6.07, 6.45) is 6.37. The van der Waals surface area contributed by atoms with Gasteiger partial charge in [0.1, 0.15) is 22.2 Å². The molecule has 0 radical (unpaired) electrons. The van der Waals surface area contributed by atoms with Crippen LogP contribution in [-0.4, -0.2) is 43.5 Å². The van der Waals surface area contributed by atoms with Crippen molar-refractivity contribution in [3.8, 4) is 0 Å². The summed E-state index contributed by atoms with van der Waals surface area (Å²) in [4.78, 5) is 25.2. The van der Waals surface area contributed by atoms with Crippen LogP contribution >= 0.6 is 0 Å². The number of hydrogen-bond acceptors (Lipinski definition) is 4. The molecule has 2 N–H and O–H groups in total. The molecule has 0 aliphatic carbocycles. The number of carbonyl (C=O) groups excluding carboxylic acids is 2. The second-order valence-corrected chi connectivity index (χ2v) is 12.5. The van der Waals surface area contributed by atoms with Gasteiger partial charge >= 0.3 is 0 Å². The zero-order valence-corrected chi connectivity index (χ0v) is 21.6. The van der Waals surface area contributed by atoms with Gasteiger partial charge in [0.15, 0.2) is 0 Å². The van der Waals surface area contributed by atoms with Crippen molar-refractivity contribution in [1.29, 1.82) is 0 Å². The fourth-order valence-corrected chi connectivity index (χ4v) is 5.82. The van der Waals surface area contributed by atoms with Crippen molar-refractivity contribution >= 4 is 11.8 Å². The molecule has 0 aromatic carbocycles. The topological polar surface area (TPSA) is 104 Å². The van der Waals surface area contributed by atoms with E-state index in [2.05, 4.69) is 10.9 Å². The molecule has 2 saturated heterocycles. The van der Waals surface area contributed by atoms with Crippen LogP contribution in [0.25, 0.3) is 0 Å². The molecule has 8 heteroatoms. The van der Waals surface area contributed by atoms with Gasteiger partial charge in [-0.2, -0.15) is 0 Å². The Kier molecular flexibility index (Phi) is 7.48. The van der Waals surface area contributed by atoms with E-state index in [4.69, 9.17) is 0 Å². The zero-order valence-electron chi connectivity index (χ0n) is 21.6. The summed E-state index contributed by atoms with van der Waals surface area (Å²) in [7, 11) is 0. The molecule has 2 rings (SSSR count). The maximum atomic E-state index is 13.7. The quantitative estimate of drug-likeness (QED) is 0.330. The van der Waals surface area contributed by atoms with Gasteiger partial charge in [-0.1, -0.05) is 0 Å². The molecule has 0 spiro atoms. The highest BCUT2D eigenvalue weighted by Gasteiger charge is 2.53. The molecular formula is C24H46N4O4. The monoisotopic (exact) mass is 454 g/mol. The number of piperidine rings is 2. The molecule has 2 heterocycles. The van der Waals surface area contributed by atoms with E-state index in [0.717, 1.165) is 38.5 Å². The molecule has 0 atom stereocenters. The lowest BCUT2D eigenvalue weighted by molar-refractivity contribution is -1.01. The van der Waals surface area contributed by atoms with Crippen molar-refractivity contribution in [3.05, 3.63) is 10.4 Å². The number of amides is 2. The predicted octanol–water partition coefficient (Wildman–Crippen LogP) is 4.72. The van der Waals surface area contributed by atoms with Gasteiger partial charge in [-0.15, -0.1) is 0 Å². The van der Waals surface area contributed by atoms with Crippen molar-refractivity contribution in [2.24, 2.45) is 0 Å². The van der Waals surface area contributed by atoms with Crippen LogP contribution in [0, 0.1) is 10.4 Å². The predicted molar refractivity (Wildman–Crippen MR) is 126 cm³/mol. The fourth-order valence-electron chi connectivity index (χ4n) is 5.82. The molecule has 0 aromatic heterocycles. The van der Waals surface area contributed by atoms with Gasteiger partial charge in [0.25, 0.3) is 11.8 Å². The van der Waals surface area contributed by atoms with Crippen molar-refractivity contribution in [2.45, 2.75) is 142 Å². The van der Waals surface area contributed by atoms with Crippen molar-refractivity contribution in [3.63, 3.8) is 0 Å².